The first-order chi connectivity index (χ1) is 9.00. The second kappa shape index (κ2) is 5.35. The fourth-order valence-corrected chi connectivity index (χ4v) is 2.05. The van der Waals surface area contributed by atoms with Gasteiger partial charge in [0, 0.05) is 25.0 Å². The minimum atomic E-state index is -0.449. The minimum absolute atomic E-state index is 0.00517. The normalized spacial score (nSPS) is 10.5. The molecule has 100 valence electrons. The van der Waals surface area contributed by atoms with E-state index in [0.29, 0.717) is 22.4 Å². The molecule has 1 N–H and O–H groups in total. The maximum atomic E-state index is 10.8. The summed E-state index contributed by atoms with van der Waals surface area (Å²) in [5.74, 6) is 1.41. The predicted molar refractivity (Wildman–Crippen MR) is 73.9 cm³/mol. The van der Waals surface area contributed by atoms with E-state index in [0.717, 1.165) is 5.82 Å². The van der Waals surface area contributed by atoms with E-state index in [1.807, 2.05) is 17.8 Å². The third kappa shape index (κ3) is 2.73. The molecule has 0 saturated carbocycles. The summed E-state index contributed by atoms with van der Waals surface area (Å²) in [6.45, 7) is 2.17. The van der Waals surface area contributed by atoms with E-state index in [-0.39, 0.29) is 5.69 Å². The van der Waals surface area contributed by atoms with Gasteiger partial charge in [-0.1, -0.05) is 0 Å². The standard InChI is InChI=1S/C11H12BrN5O2/c1-7-8(17(18)19)5-14-11(10(7)12)15-6-9-13-3-4-16(9)2/h3-5H,6H2,1-2H3,(H,14,15). The van der Waals surface area contributed by atoms with Crippen LogP contribution >= 0.6 is 15.9 Å². The lowest BCUT2D eigenvalue weighted by molar-refractivity contribution is -0.385. The lowest BCUT2D eigenvalue weighted by Crippen LogP contribution is -2.08. The topological polar surface area (TPSA) is 85.9 Å². The first-order valence-electron chi connectivity index (χ1n) is 5.50. The minimum Gasteiger partial charge on any atom is -0.362 e. The van der Waals surface area contributed by atoms with Crippen molar-refractivity contribution in [3.05, 3.63) is 44.6 Å². The molecule has 2 aromatic rings. The molecule has 0 amide bonds. The molecule has 0 radical (unpaired) electrons. The van der Waals surface area contributed by atoms with Crippen LogP contribution in [-0.4, -0.2) is 19.5 Å². The number of anilines is 1. The number of nitro groups is 1. The molecule has 0 aromatic carbocycles. The number of halogens is 1. The van der Waals surface area contributed by atoms with Crippen LogP contribution in [0, 0.1) is 17.0 Å². The molecular formula is C11H12BrN5O2. The van der Waals surface area contributed by atoms with Crippen molar-refractivity contribution in [2.45, 2.75) is 13.5 Å². The van der Waals surface area contributed by atoms with Gasteiger partial charge < -0.3 is 9.88 Å². The lowest BCUT2D eigenvalue weighted by Gasteiger charge is -2.09. The molecule has 0 saturated heterocycles. The van der Waals surface area contributed by atoms with Crippen LogP contribution in [0.3, 0.4) is 0 Å². The van der Waals surface area contributed by atoms with Crippen molar-refractivity contribution in [3.8, 4) is 0 Å². The Morgan fingerprint density at radius 3 is 2.84 bits per heavy atom. The summed E-state index contributed by atoms with van der Waals surface area (Å²) < 4.78 is 2.48. The first kappa shape index (κ1) is 13.5. The van der Waals surface area contributed by atoms with E-state index in [1.54, 1.807) is 13.1 Å². The number of pyridine rings is 1. The molecule has 19 heavy (non-hydrogen) atoms. The second-order valence-corrected chi connectivity index (χ2v) is 4.79. The van der Waals surface area contributed by atoms with E-state index >= 15 is 0 Å². The zero-order valence-corrected chi connectivity index (χ0v) is 12.0. The zero-order valence-electron chi connectivity index (χ0n) is 10.4. The Morgan fingerprint density at radius 1 is 1.53 bits per heavy atom. The number of rotatable bonds is 4. The third-order valence-corrected chi connectivity index (χ3v) is 3.74. The highest BCUT2D eigenvalue weighted by atomic mass is 79.9. The maximum absolute atomic E-state index is 10.8. The van der Waals surface area contributed by atoms with Gasteiger partial charge >= 0.3 is 0 Å². The third-order valence-electron chi connectivity index (χ3n) is 2.77. The quantitative estimate of drug-likeness (QED) is 0.689. The molecule has 8 heteroatoms. The van der Waals surface area contributed by atoms with Crippen LogP contribution in [0.15, 0.2) is 23.1 Å². The van der Waals surface area contributed by atoms with Gasteiger partial charge in [0.05, 0.1) is 15.9 Å². The molecule has 0 aliphatic heterocycles. The van der Waals surface area contributed by atoms with Gasteiger partial charge in [-0.2, -0.15) is 0 Å². The average molecular weight is 326 g/mol. The Morgan fingerprint density at radius 2 is 2.26 bits per heavy atom. The molecule has 0 atom stereocenters. The monoisotopic (exact) mass is 325 g/mol. The smallest absolute Gasteiger partial charge is 0.291 e. The van der Waals surface area contributed by atoms with Crippen molar-refractivity contribution >= 4 is 27.4 Å². The molecule has 2 rings (SSSR count). The van der Waals surface area contributed by atoms with Gasteiger partial charge in [-0.3, -0.25) is 10.1 Å². The van der Waals surface area contributed by atoms with Gasteiger partial charge in [0.15, 0.2) is 0 Å². The van der Waals surface area contributed by atoms with Crippen molar-refractivity contribution in [3.63, 3.8) is 0 Å². The fraction of sp³-hybridized carbons (Fsp3) is 0.273. The lowest BCUT2D eigenvalue weighted by atomic mass is 10.2. The predicted octanol–water partition coefficient (Wildman–Crippen LogP) is 2.41. The highest BCUT2D eigenvalue weighted by Gasteiger charge is 2.17. The maximum Gasteiger partial charge on any atom is 0.291 e. The Kier molecular flexibility index (Phi) is 3.79. The van der Waals surface area contributed by atoms with Crippen LogP contribution in [0.2, 0.25) is 0 Å². The molecule has 0 unspecified atom stereocenters. The SMILES string of the molecule is Cc1c([N+](=O)[O-])cnc(NCc2nccn2C)c1Br. The van der Waals surface area contributed by atoms with E-state index in [2.05, 4.69) is 31.2 Å². The van der Waals surface area contributed by atoms with Crippen LogP contribution in [0.25, 0.3) is 0 Å². The number of aromatic nitrogens is 3. The van der Waals surface area contributed by atoms with E-state index in [9.17, 15) is 10.1 Å². The molecule has 0 aliphatic carbocycles. The first-order valence-corrected chi connectivity index (χ1v) is 6.29. The van der Waals surface area contributed by atoms with Gasteiger partial charge in [-0.05, 0) is 22.9 Å². The molecule has 2 aromatic heterocycles. The van der Waals surface area contributed by atoms with Gasteiger partial charge in [0.1, 0.15) is 17.8 Å². The number of nitrogens with one attached hydrogen (secondary N) is 1. The molecular weight excluding hydrogens is 314 g/mol. The molecule has 7 nitrogen and oxygen atoms in total. The highest BCUT2D eigenvalue weighted by Crippen LogP contribution is 2.30. The molecule has 0 bridgehead atoms. The largest absolute Gasteiger partial charge is 0.362 e. The number of hydrogen-bond acceptors (Lipinski definition) is 5. The highest BCUT2D eigenvalue weighted by molar-refractivity contribution is 9.10. The van der Waals surface area contributed by atoms with Crippen LogP contribution in [0.5, 0.6) is 0 Å². The van der Waals surface area contributed by atoms with Crippen LogP contribution in [0.4, 0.5) is 11.5 Å². The van der Waals surface area contributed by atoms with Gasteiger partial charge in [-0.15, -0.1) is 0 Å². The fourth-order valence-electron chi connectivity index (χ4n) is 1.61. The second-order valence-electron chi connectivity index (χ2n) is 4.00. The molecule has 0 spiro atoms. The zero-order chi connectivity index (χ0) is 14.0. The summed E-state index contributed by atoms with van der Waals surface area (Å²) in [4.78, 5) is 18.6. The van der Waals surface area contributed by atoms with Crippen LogP contribution in [0.1, 0.15) is 11.4 Å². The Hall–Kier alpha value is -1.96. The number of imidazole rings is 1. The Bertz CT molecular complexity index is 626. The number of aryl methyl sites for hydroxylation is 1. The Balaban J connectivity index is 2.20. The number of nitrogens with zero attached hydrogens (tertiary/aromatic N) is 4. The summed E-state index contributed by atoms with van der Waals surface area (Å²) in [7, 11) is 1.90. The Labute approximate surface area is 118 Å². The summed E-state index contributed by atoms with van der Waals surface area (Å²) in [5, 5.41) is 13.9. The van der Waals surface area contributed by atoms with E-state index < -0.39 is 4.92 Å². The van der Waals surface area contributed by atoms with Crippen molar-refractivity contribution in [2.75, 3.05) is 5.32 Å². The number of hydrogen-bond donors (Lipinski definition) is 1. The summed E-state index contributed by atoms with van der Waals surface area (Å²) in [6.07, 6.45) is 4.81. The van der Waals surface area contributed by atoms with Gasteiger partial charge in [-0.25, -0.2) is 9.97 Å². The summed E-state index contributed by atoms with van der Waals surface area (Å²) >= 11 is 3.33. The molecule has 2 heterocycles. The molecule has 0 aliphatic rings. The van der Waals surface area contributed by atoms with Gasteiger partial charge in [0.2, 0.25) is 0 Å². The van der Waals surface area contributed by atoms with Crippen molar-refractivity contribution in [1.82, 2.24) is 14.5 Å². The van der Waals surface area contributed by atoms with E-state index in [1.165, 1.54) is 6.20 Å². The summed E-state index contributed by atoms with van der Waals surface area (Å²) in [6, 6.07) is 0. The van der Waals surface area contributed by atoms with Crippen molar-refractivity contribution in [1.29, 1.82) is 0 Å². The van der Waals surface area contributed by atoms with Crippen LogP contribution < -0.4 is 5.32 Å². The van der Waals surface area contributed by atoms with Crippen molar-refractivity contribution < 1.29 is 4.92 Å². The molecule has 0 fully saturated rings. The average Bonchev–Trinajstić information content (AvgIpc) is 2.76. The van der Waals surface area contributed by atoms with Crippen molar-refractivity contribution in [2.24, 2.45) is 7.05 Å². The van der Waals surface area contributed by atoms with Gasteiger partial charge in [0.25, 0.3) is 5.69 Å². The van der Waals surface area contributed by atoms with Crippen LogP contribution in [-0.2, 0) is 13.6 Å². The summed E-state index contributed by atoms with van der Waals surface area (Å²) in [5.41, 5.74) is 0.539. The van der Waals surface area contributed by atoms with E-state index in [4.69, 9.17) is 0 Å².